The zero-order chi connectivity index (χ0) is 26.9. The highest BCUT2D eigenvalue weighted by molar-refractivity contribution is 6.21. The first kappa shape index (κ1) is 28.5. The van der Waals surface area contributed by atoms with E-state index in [0.717, 1.165) is 12.8 Å². The Hall–Kier alpha value is -1.00. The topological polar surface area (TPSA) is 109 Å². The Bertz CT molecular complexity index is 856. The molecule has 0 radical (unpaired) electrons. The third kappa shape index (κ3) is 6.32. The van der Waals surface area contributed by atoms with Gasteiger partial charge in [-0.3, -0.25) is 9.59 Å². The van der Waals surface area contributed by atoms with Crippen LogP contribution in [0.15, 0.2) is 0 Å². The van der Waals surface area contributed by atoms with Gasteiger partial charge in [-0.2, -0.15) is 0 Å². The van der Waals surface area contributed by atoms with E-state index in [1.165, 1.54) is 19.3 Å². The highest BCUT2D eigenvalue weighted by Gasteiger charge is 2.55. The lowest BCUT2D eigenvalue weighted by molar-refractivity contribution is -0.143. The van der Waals surface area contributed by atoms with Crippen LogP contribution in [-0.2, 0) is 19.1 Å². The second-order valence-electron chi connectivity index (χ2n) is 12.7. The van der Waals surface area contributed by atoms with Crippen molar-refractivity contribution >= 4 is 23.4 Å². The Morgan fingerprint density at radius 2 is 1.71 bits per heavy atom. The number of aliphatic hydroxyl groups is 1. The summed E-state index contributed by atoms with van der Waals surface area (Å²) in [6.45, 7) is 2.07. The number of halogens is 2. The predicted octanol–water partition coefficient (Wildman–Crippen LogP) is 2.88. The van der Waals surface area contributed by atoms with Crippen LogP contribution >= 0.6 is 11.6 Å². The van der Waals surface area contributed by atoms with Crippen molar-refractivity contribution in [1.82, 2.24) is 16.0 Å². The molecule has 2 amide bonds. The van der Waals surface area contributed by atoms with Gasteiger partial charge in [-0.05, 0) is 71.1 Å². The van der Waals surface area contributed by atoms with Crippen LogP contribution in [-0.4, -0.2) is 83.2 Å². The van der Waals surface area contributed by atoms with E-state index in [1.807, 2.05) is 0 Å². The molecular formula is C28H45ClFN3O5. The average molecular weight is 558 g/mol. The second-order valence-corrected chi connectivity index (χ2v) is 13.3. The van der Waals surface area contributed by atoms with E-state index < -0.39 is 28.7 Å². The Kier molecular flexibility index (Phi) is 8.90. The summed E-state index contributed by atoms with van der Waals surface area (Å²) in [6.07, 6.45) is 7.98. The van der Waals surface area contributed by atoms with Gasteiger partial charge in [-0.15, -0.1) is 11.6 Å². The van der Waals surface area contributed by atoms with Crippen molar-refractivity contribution in [2.75, 3.05) is 13.2 Å². The first-order valence-corrected chi connectivity index (χ1v) is 15.2. The second kappa shape index (κ2) is 11.9. The monoisotopic (exact) mass is 557 g/mol. The van der Waals surface area contributed by atoms with Gasteiger partial charge >= 0.3 is 0 Å². The molecule has 38 heavy (non-hydrogen) atoms. The van der Waals surface area contributed by atoms with Crippen molar-refractivity contribution in [2.24, 2.45) is 5.92 Å². The standard InChI is InChI=1S/C28H45ClFN3O5/c1-17-12-23(19-4-2-3-5-22(19)31-17)38-16-26(36)33-28-10-8-27(9-11-28,14-24(28)34)32-25(35)15-37-18-6-7-20(29)21(30)13-18/h17-24,31,34H,2-16H2,1H3,(H,32,35)(H,33,36)/t17?,18?,19?,20?,21?,22?,23?,24-,27?,28?/m0/s1. The molecule has 1 aliphatic heterocycles. The molecule has 2 bridgehead atoms. The predicted molar refractivity (Wildman–Crippen MR) is 142 cm³/mol. The fourth-order valence-electron chi connectivity index (χ4n) is 7.84. The number of amides is 2. The van der Waals surface area contributed by atoms with E-state index in [9.17, 15) is 19.1 Å². The molecule has 8 atom stereocenters. The molecule has 0 aromatic rings. The van der Waals surface area contributed by atoms with Crippen molar-refractivity contribution in [3.05, 3.63) is 0 Å². The summed E-state index contributed by atoms with van der Waals surface area (Å²) in [5.74, 6) is 0.0414. The molecule has 10 heteroatoms. The molecule has 0 aromatic carbocycles. The summed E-state index contributed by atoms with van der Waals surface area (Å²) >= 11 is 5.94. The van der Waals surface area contributed by atoms with Crippen LogP contribution in [0.3, 0.4) is 0 Å². The number of ether oxygens (including phenoxy) is 2. The molecule has 1 saturated heterocycles. The van der Waals surface area contributed by atoms with Gasteiger partial charge in [0, 0.05) is 30.0 Å². The maximum atomic E-state index is 13.9. The Morgan fingerprint density at radius 3 is 2.45 bits per heavy atom. The van der Waals surface area contributed by atoms with Crippen LogP contribution in [0.2, 0.25) is 0 Å². The molecule has 8 nitrogen and oxygen atoms in total. The van der Waals surface area contributed by atoms with Gasteiger partial charge in [0.25, 0.3) is 0 Å². The van der Waals surface area contributed by atoms with Crippen LogP contribution in [0.25, 0.3) is 0 Å². The Balaban J connectivity index is 1.07. The molecule has 6 aliphatic rings. The first-order chi connectivity index (χ1) is 18.2. The smallest absolute Gasteiger partial charge is 0.246 e. The van der Waals surface area contributed by atoms with Gasteiger partial charge in [0.15, 0.2) is 0 Å². The van der Waals surface area contributed by atoms with Crippen molar-refractivity contribution in [3.8, 4) is 0 Å². The van der Waals surface area contributed by atoms with Crippen molar-refractivity contribution in [3.63, 3.8) is 0 Å². The van der Waals surface area contributed by atoms with Gasteiger partial charge in [0.1, 0.15) is 19.4 Å². The van der Waals surface area contributed by atoms with E-state index >= 15 is 0 Å². The highest BCUT2D eigenvalue weighted by Crippen LogP contribution is 2.47. The Labute approximate surface area is 230 Å². The first-order valence-electron chi connectivity index (χ1n) is 14.7. The van der Waals surface area contributed by atoms with E-state index in [4.69, 9.17) is 21.1 Å². The van der Waals surface area contributed by atoms with Crippen LogP contribution in [0.5, 0.6) is 0 Å². The molecular weight excluding hydrogens is 513 g/mol. The molecule has 1 heterocycles. The summed E-state index contributed by atoms with van der Waals surface area (Å²) in [4.78, 5) is 25.7. The minimum absolute atomic E-state index is 0.0136. The van der Waals surface area contributed by atoms with Gasteiger partial charge in [0.05, 0.1) is 29.2 Å². The zero-order valence-electron chi connectivity index (χ0n) is 22.6. The van der Waals surface area contributed by atoms with Crippen LogP contribution in [0.1, 0.15) is 90.4 Å². The number of rotatable bonds is 8. The lowest BCUT2D eigenvalue weighted by atomic mass is 9.60. The van der Waals surface area contributed by atoms with Gasteiger partial charge < -0.3 is 30.5 Å². The number of nitrogens with one attached hydrogen (secondary N) is 3. The summed E-state index contributed by atoms with van der Waals surface area (Å²) in [5.41, 5.74) is -1.17. The fourth-order valence-corrected chi connectivity index (χ4v) is 8.07. The minimum Gasteiger partial charge on any atom is -0.391 e. The number of aliphatic hydroxyl groups excluding tert-OH is 1. The van der Waals surface area contributed by atoms with E-state index in [2.05, 4.69) is 22.9 Å². The number of alkyl halides is 2. The van der Waals surface area contributed by atoms with Gasteiger partial charge in [-0.1, -0.05) is 12.8 Å². The SMILES string of the molecule is CC1CC(OCC(=O)NC23CCC(NC(=O)COC4CCC(Cl)C(F)C4)(CC2)C[C@@H]3O)C2CCCCC2N1. The van der Waals surface area contributed by atoms with E-state index in [-0.39, 0.29) is 43.7 Å². The average Bonchev–Trinajstić information content (AvgIpc) is 2.89. The molecule has 216 valence electrons. The molecule has 5 saturated carbocycles. The summed E-state index contributed by atoms with van der Waals surface area (Å²) in [6, 6.07) is 0.863. The molecule has 4 N–H and O–H groups in total. The number of carbonyl (C=O) groups excluding carboxylic acids is 2. The zero-order valence-corrected chi connectivity index (χ0v) is 23.3. The molecule has 5 aliphatic carbocycles. The van der Waals surface area contributed by atoms with Gasteiger partial charge in [0.2, 0.25) is 11.8 Å². The number of fused-ring (bicyclic) bond motifs is 4. The fraction of sp³-hybridized carbons (Fsp3) is 0.929. The molecule has 6 rings (SSSR count). The van der Waals surface area contributed by atoms with Crippen LogP contribution in [0.4, 0.5) is 4.39 Å². The summed E-state index contributed by atoms with van der Waals surface area (Å²) in [7, 11) is 0. The number of hydrogen-bond acceptors (Lipinski definition) is 6. The molecule has 0 spiro atoms. The van der Waals surface area contributed by atoms with E-state index in [1.54, 1.807) is 0 Å². The summed E-state index contributed by atoms with van der Waals surface area (Å²) in [5, 5.41) is 20.5. The Morgan fingerprint density at radius 1 is 1.00 bits per heavy atom. The number of piperidine rings is 1. The molecule has 7 unspecified atom stereocenters. The number of carbonyl (C=O) groups is 2. The van der Waals surface area contributed by atoms with Crippen molar-refractivity contribution in [1.29, 1.82) is 0 Å². The van der Waals surface area contributed by atoms with E-state index in [0.29, 0.717) is 62.9 Å². The normalized spacial score (nSPS) is 44.7. The van der Waals surface area contributed by atoms with Crippen molar-refractivity contribution in [2.45, 2.75) is 143 Å². The highest BCUT2D eigenvalue weighted by atomic mass is 35.5. The molecule has 0 aromatic heterocycles. The number of hydrogen-bond donors (Lipinski definition) is 4. The third-order valence-electron chi connectivity index (χ3n) is 10.0. The minimum atomic E-state index is -1.11. The van der Waals surface area contributed by atoms with Crippen LogP contribution < -0.4 is 16.0 Å². The quantitative estimate of drug-likeness (QED) is 0.342. The molecule has 6 fully saturated rings. The lowest BCUT2D eigenvalue weighted by Gasteiger charge is -2.56. The summed E-state index contributed by atoms with van der Waals surface area (Å²) < 4.78 is 25.7. The third-order valence-corrected chi connectivity index (χ3v) is 10.5. The maximum absolute atomic E-state index is 13.9. The maximum Gasteiger partial charge on any atom is 0.246 e. The van der Waals surface area contributed by atoms with Gasteiger partial charge in [-0.25, -0.2) is 4.39 Å². The van der Waals surface area contributed by atoms with Crippen LogP contribution in [0, 0.1) is 5.92 Å². The lowest BCUT2D eigenvalue weighted by Crippen LogP contribution is -2.70. The largest absolute Gasteiger partial charge is 0.391 e. The van der Waals surface area contributed by atoms with Crippen molar-refractivity contribution < 1.29 is 28.6 Å².